The molecule has 0 spiro atoms. The summed E-state index contributed by atoms with van der Waals surface area (Å²) in [6.07, 6.45) is 5.10. The minimum Gasteiger partial charge on any atom is -0.394 e. The van der Waals surface area contributed by atoms with Crippen molar-refractivity contribution in [2.75, 3.05) is 46.8 Å². The van der Waals surface area contributed by atoms with Gasteiger partial charge in [-0.15, -0.1) is 6.42 Å². The Kier molecular flexibility index (Phi) is 13.6. The van der Waals surface area contributed by atoms with Crippen LogP contribution in [-0.4, -0.2) is 51.9 Å². The molecular weight excluding hydrogens is 244 g/mol. The molecule has 1 aromatic rings. The summed E-state index contributed by atoms with van der Waals surface area (Å²) in [7, 11) is 1.63. The van der Waals surface area contributed by atoms with Crippen LogP contribution in [0.15, 0.2) is 30.3 Å². The summed E-state index contributed by atoms with van der Waals surface area (Å²) >= 11 is 0. The van der Waals surface area contributed by atoms with Crippen LogP contribution in [0.2, 0.25) is 0 Å². The van der Waals surface area contributed by atoms with Crippen LogP contribution in [0.5, 0.6) is 0 Å². The lowest BCUT2D eigenvalue weighted by Gasteiger charge is -2.03. The molecule has 1 N–H and O–H groups in total. The Labute approximate surface area is 115 Å². The molecule has 4 nitrogen and oxygen atoms in total. The van der Waals surface area contributed by atoms with Crippen molar-refractivity contribution >= 4 is 0 Å². The molecule has 106 valence electrons. The van der Waals surface area contributed by atoms with E-state index < -0.39 is 0 Å². The van der Waals surface area contributed by atoms with Gasteiger partial charge in [0.1, 0.15) is 0 Å². The molecule has 19 heavy (non-hydrogen) atoms. The number of hydrogen-bond acceptors (Lipinski definition) is 4. The summed E-state index contributed by atoms with van der Waals surface area (Å²) in [5.74, 6) is 2.53. The number of benzene rings is 1. The van der Waals surface area contributed by atoms with Gasteiger partial charge in [0.2, 0.25) is 0 Å². The molecule has 0 aliphatic carbocycles. The van der Waals surface area contributed by atoms with E-state index >= 15 is 0 Å². The van der Waals surface area contributed by atoms with Gasteiger partial charge >= 0.3 is 0 Å². The van der Waals surface area contributed by atoms with Crippen molar-refractivity contribution in [3.63, 3.8) is 0 Å². The van der Waals surface area contributed by atoms with Gasteiger partial charge in [-0.05, 0) is 12.1 Å². The summed E-state index contributed by atoms with van der Waals surface area (Å²) < 4.78 is 14.8. The molecule has 1 aromatic carbocycles. The standard InChI is InChI=1S/C8H6.C7H16O4/c1-2-8-6-4-3-5-7-8;1-9-4-5-11-7-6-10-3-2-8/h1,3-7H;8H,2-7H2,1H3. The van der Waals surface area contributed by atoms with E-state index in [-0.39, 0.29) is 6.61 Å². The molecule has 0 amide bonds. The summed E-state index contributed by atoms with van der Waals surface area (Å²) in [6.45, 7) is 2.75. The highest BCUT2D eigenvalue weighted by Gasteiger charge is 1.87. The average molecular weight is 266 g/mol. The first-order chi connectivity index (χ1) is 9.35. The van der Waals surface area contributed by atoms with Crippen LogP contribution < -0.4 is 0 Å². The van der Waals surface area contributed by atoms with E-state index in [0.29, 0.717) is 33.0 Å². The summed E-state index contributed by atoms with van der Waals surface area (Å²) in [5.41, 5.74) is 0.938. The van der Waals surface area contributed by atoms with Gasteiger partial charge in [-0.25, -0.2) is 0 Å². The third-order valence-electron chi connectivity index (χ3n) is 1.98. The zero-order valence-electron chi connectivity index (χ0n) is 11.4. The Bertz CT molecular complexity index is 311. The molecule has 0 aliphatic rings. The van der Waals surface area contributed by atoms with Crippen LogP contribution in [0.3, 0.4) is 0 Å². The van der Waals surface area contributed by atoms with Gasteiger partial charge in [-0.3, -0.25) is 0 Å². The first-order valence-electron chi connectivity index (χ1n) is 6.12. The highest BCUT2D eigenvalue weighted by Crippen LogP contribution is 1.93. The molecule has 0 saturated heterocycles. The van der Waals surface area contributed by atoms with Gasteiger partial charge in [0.05, 0.1) is 39.6 Å². The van der Waals surface area contributed by atoms with Crippen molar-refractivity contribution in [3.05, 3.63) is 35.9 Å². The first-order valence-corrected chi connectivity index (χ1v) is 6.12. The zero-order chi connectivity index (χ0) is 14.2. The predicted molar refractivity (Wildman–Crippen MR) is 75.0 cm³/mol. The molecule has 0 saturated carbocycles. The van der Waals surface area contributed by atoms with E-state index in [1.54, 1.807) is 7.11 Å². The number of rotatable bonds is 8. The smallest absolute Gasteiger partial charge is 0.0701 e. The Morgan fingerprint density at radius 2 is 1.58 bits per heavy atom. The number of aliphatic hydroxyl groups is 1. The van der Waals surface area contributed by atoms with E-state index in [9.17, 15) is 0 Å². The highest BCUT2D eigenvalue weighted by atomic mass is 16.5. The van der Waals surface area contributed by atoms with Gasteiger partial charge in [0.25, 0.3) is 0 Å². The van der Waals surface area contributed by atoms with Crippen LogP contribution in [0.4, 0.5) is 0 Å². The molecule has 1 rings (SSSR count). The topological polar surface area (TPSA) is 47.9 Å². The average Bonchev–Trinajstić information content (AvgIpc) is 2.48. The predicted octanol–water partition coefficient (Wildman–Crippen LogP) is 1.33. The third kappa shape index (κ3) is 12.9. The Balaban J connectivity index is 0.000000356. The number of hydrogen-bond donors (Lipinski definition) is 1. The maximum absolute atomic E-state index is 8.32. The first kappa shape index (κ1) is 17.6. The van der Waals surface area contributed by atoms with Crippen LogP contribution >= 0.6 is 0 Å². The summed E-state index contributed by atoms with van der Waals surface area (Å²) in [6, 6.07) is 9.60. The largest absolute Gasteiger partial charge is 0.394 e. The Morgan fingerprint density at radius 3 is 2.05 bits per heavy atom. The summed E-state index contributed by atoms with van der Waals surface area (Å²) in [5, 5.41) is 8.32. The van der Waals surface area contributed by atoms with Crippen LogP contribution in [-0.2, 0) is 14.2 Å². The minimum absolute atomic E-state index is 0.0675. The van der Waals surface area contributed by atoms with Crippen molar-refractivity contribution in [3.8, 4) is 12.3 Å². The van der Waals surface area contributed by atoms with Crippen LogP contribution in [0, 0.1) is 12.3 Å². The maximum Gasteiger partial charge on any atom is 0.0701 e. The Hall–Kier alpha value is -1.38. The van der Waals surface area contributed by atoms with E-state index in [2.05, 4.69) is 5.92 Å². The second kappa shape index (κ2) is 14.7. The van der Waals surface area contributed by atoms with Gasteiger partial charge in [0, 0.05) is 12.7 Å². The fourth-order valence-corrected chi connectivity index (χ4v) is 1.06. The molecule has 0 radical (unpaired) electrons. The second-order valence-corrected chi connectivity index (χ2v) is 3.45. The highest BCUT2D eigenvalue weighted by molar-refractivity contribution is 5.30. The fourth-order valence-electron chi connectivity index (χ4n) is 1.06. The minimum atomic E-state index is 0.0675. The van der Waals surface area contributed by atoms with Crippen molar-refractivity contribution in [1.29, 1.82) is 0 Å². The van der Waals surface area contributed by atoms with E-state index in [1.165, 1.54) is 0 Å². The SMILES string of the molecule is C#Cc1ccccc1.COCCOCCOCCO. The lowest BCUT2D eigenvalue weighted by molar-refractivity contribution is 0.0159. The lowest BCUT2D eigenvalue weighted by Crippen LogP contribution is -2.09. The molecule has 0 bridgehead atoms. The van der Waals surface area contributed by atoms with Crippen molar-refractivity contribution in [2.24, 2.45) is 0 Å². The number of terminal acetylenes is 1. The number of methoxy groups -OCH3 is 1. The van der Waals surface area contributed by atoms with Crippen molar-refractivity contribution in [2.45, 2.75) is 0 Å². The molecule has 0 fully saturated rings. The molecule has 0 aliphatic heterocycles. The third-order valence-corrected chi connectivity index (χ3v) is 1.98. The zero-order valence-corrected chi connectivity index (χ0v) is 11.4. The fraction of sp³-hybridized carbons (Fsp3) is 0.467. The maximum atomic E-state index is 8.32. The summed E-state index contributed by atoms with van der Waals surface area (Å²) in [4.78, 5) is 0. The molecule has 0 heterocycles. The van der Waals surface area contributed by atoms with Gasteiger partial charge in [-0.2, -0.15) is 0 Å². The quantitative estimate of drug-likeness (QED) is 0.569. The van der Waals surface area contributed by atoms with Gasteiger partial charge in [0.15, 0.2) is 0 Å². The van der Waals surface area contributed by atoms with Crippen molar-refractivity contribution in [1.82, 2.24) is 0 Å². The molecule has 0 unspecified atom stereocenters. The molecule has 0 atom stereocenters. The lowest BCUT2D eigenvalue weighted by atomic mass is 10.2. The number of ether oxygens (including phenoxy) is 3. The van der Waals surface area contributed by atoms with Gasteiger partial charge < -0.3 is 19.3 Å². The van der Waals surface area contributed by atoms with Crippen LogP contribution in [0.1, 0.15) is 5.56 Å². The Morgan fingerprint density at radius 1 is 1.00 bits per heavy atom. The second-order valence-electron chi connectivity index (χ2n) is 3.45. The molecule has 4 heteroatoms. The van der Waals surface area contributed by atoms with E-state index in [4.69, 9.17) is 25.7 Å². The van der Waals surface area contributed by atoms with E-state index in [0.717, 1.165) is 5.56 Å². The van der Waals surface area contributed by atoms with Gasteiger partial charge in [-0.1, -0.05) is 24.1 Å². The van der Waals surface area contributed by atoms with E-state index in [1.807, 2.05) is 30.3 Å². The monoisotopic (exact) mass is 266 g/mol. The normalized spacial score (nSPS) is 9.32. The van der Waals surface area contributed by atoms with Crippen LogP contribution in [0.25, 0.3) is 0 Å². The van der Waals surface area contributed by atoms with Crippen molar-refractivity contribution < 1.29 is 19.3 Å². The molecule has 0 aromatic heterocycles. The number of aliphatic hydroxyl groups excluding tert-OH is 1. The molecular formula is C15H22O4.